The number of thiazole rings is 1. The fourth-order valence-corrected chi connectivity index (χ4v) is 4.13. The molecule has 0 aliphatic carbocycles. The minimum atomic E-state index is 0.401. The molecule has 2 N–H and O–H groups in total. The van der Waals surface area contributed by atoms with Crippen molar-refractivity contribution < 1.29 is 0 Å². The van der Waals surface area contributed by atoms with Crippen LogP contribution in [0.3, 0.4) is 0 Å². The van der Waals surface area contributed by atoms with Crippen molar-refractivity contribution in [3.05, 3.63) is 11.1 Å². The van der Waals surface area contributed by atoms with Crippen LogP contribution in [0.25, 0.3) is 0 Å². The quantitative estimate of drug-likeness (QED) is 0.881. The molecule has 96 valence electrons. The van der Waals surface area contributed by atoms with Crippen molar-refractivity contribution in [2.45, 2.75) is 40.7 Å². The smallest absolute Gasteiger partial charge is 0.180 e. The molecule has 0 bridgehead atoms. The second-order valence-electron chi connectivity index (χ2n) is 6.82. The normalized spacial score (nSPS) is 23.8. The molecule has 1 aromatic rings. The van der Waals surface area contributed by atoms with Crippen LogP contribution in [0.5, 0.6) is 0 Å². The fraction of sp³-hybridized carbons (Fsp3) is 0.769. The van der Waals surface area contributed by atoms with Crippen molar-refractivity contribution in [1.82, 2.24) is 9.88 Å². The zero-order chi connectivity index (χ0) is 12.7. The number of piperidine rings is 1. The maximum absolute atomic E-state index is 5.68. The van der Waals surface area contributed by atoms with E-state index < -0.39 is 0 Å². The lowest BCUT2D eigenvalue weighted by molar-refractivity contribution is 0.0236. The lowest BCUT2D eigenvalue weighted by atomic mass is 9.71. The Morgan fingerprint density at radius 1 is 1.29 bits per heavy atom. The topological polar surface area (TPSA) is 42.2 Å². The van der Waals surface area contributed by atoms with Crippen molar-refractivity contribution in [2.75, 3.05) is 18.8 Å². The fourth-order valence-electron chi connectivity index (χ4n) is 3.40. The Bertz CT molecular complexity index is 379. The van der Waals surface area contributed by atoms with E-state index in [4.69, 9.17) is 5.73 Å². The van der Waals surface area contributed by atoms with E-state index in [1.54, 1.807) is 11.3 Å². The van der Waals surface area contributed by atoms with Gasteiger partial charge in [0.15, 0.2) is 5.13 Å². The van der Waals surface area contributed by atoms with Crippen molar-refractivity contribution in [3.8, 4) is 0 Å². The van der Waals surface area contributed by atoms with Gasteiger partial charge in [0.25, 0.3) is 0 Å². The third-order valence-corrected chi connectivity index (χ3v) is 4.02. The highest BCUT2D eigenvalue weighted by Crippen LogP contribution is 2.40. The number of nitrogen functional groups attached to an aromatic ring is 1. The van der Waals surface area contributed by atoms with Crippen LogP contribution in [0.1, 0.15) is 39.0 Å². The molecule has 1 saturated heterocycles. The van der Waals surface area contributed by atoms with E-state index in [-0.39, 0.29) is 0 Å². The Kier molecular flexibility index (Phi) is 3.21. The predicted octanol–water partition coefficient (Wildman–Crippen LogP) is 2.98. The summed E-state index contributed by atoms with van der Waals surface area (Å²) in [6.07, 6.45) is 3.20. The van der Waals surface area contributed by atoms with Crippen molar-refractivity contribution in [3.63, 3.8) is 0 Å². The van der Waals surface area contributed by atoms with Crippen LogP contribution in [-0.2, 0) is 6.54 Å². The van der Waals surface area contributed by atoms with Crippen LogP contribution < -0.4 is 5.73 Å². The highest BCUT2D eigenvalue weighted by atomic mass is 32.1. The Hall–Kier alpha value is -0.610. The Balaban J connectivity index is 2.06. The van der Waals surface area contributed by atoms with Crippen LogP contribution in [0, 0.1) is 10.8 Å². The van der Waals surface area contributed by atoms with E-state index >= 15 is 0 Å². The summed E-state index contributed by atoms with van der Waals surface area (Å²) in [4.78, 5) is 7.94. The SMILES string of the molecule is CC1(C)CN(Cc2cnc(N)s2)CC(C)(C)C1. The molecule has 0 saturated carbocycles. The average molecular weight is 253 g/mol. The maximum Gasteiger partial charge on any atom is 0.180 e. The zero-order valence-corrected chi connectivity index (χ0v) is 12.1. The van der Waals surface area contributed by atoms with Gasteiger partial charge in [-0.05, 0) is 17.3 Å². The summed E-state index contributed by atoms with van der Waals surface area (Å²) in [5, 5.41) is 0.676. The minimum absolute atomic E-state index is 0.401. The largest absolute Gasteiger partial charge is 0.375 e. The summed E-state index contributed by atoms with van der Waals surface area (Å²) in [6, 6.07) is 0. The first-order valence-corrected chi connectivity index (χ1v) is 7.00. The molecule has 0 spiro atoms. The Morgan fingerprint density at radius 3 is 2.35 bits per heavy atom. The lowest BCUT2D eigenvalue weighted by Gasteiger charge is -2.46. The molecule has 0 atom stereocenters. The van der Waals surface area contributed by atoms with Crippen LogP contribution in [0.2, 0.25) is 0 Å². The number of nitrogens with zero attached hydrogens (tertiary/aromatic N) is 2. The number of anilines is 1. The van der Waals surface area contributed by atoms with Crippen molar-refractivity contribution in [2.24, 2.45) is 10.8 Å². The molecule has 4 heteroatoms. The monoisotopic (exact) mass is 253 g/mol. The van der Waals surface area contributed by atoms with E-state index in [0.717, 1.165) is 19.6 Å². The first-order valence-electron chi connectivity index (χ1n) is 6.18. The number of aromatic nitrogens is 1. The van der Waals surface area contributed by atoms with Gasteiger partial charge in [0, 0.05) is 30.7 Å². The van der Waals surface area contributed by atoms with Gasteiger partial charge in [0.05, 0.1) is 0 Å². The summed E-state index contributed by atoms with van der Waals surface area (Å²) >= 11 is 1.61. The van der Waals surface area contributed by atoms with E-state index in [9.17, 15) is 0 Å². The van der Waals surface area contributed by atoms with Crippen molar-refractivity contribution in [1.29, 1.82) is 0 Å². The standard InChI is InChI=1S/C13H23N3S/c1-12(2)7-13(3,4)9-16(8-12)6-10-5-15-11(14)17-10/h5H,6-9H2,1-4H3,(H2,14,15). The zero-order valence-electron chi connectivity index (χ0n) is 11.3. The third kappa shape index (κ3) is 3.42. The first kappa shape index (κ1) is 12.8. The molecule has 0 unspecified atom stereocenters. The Morgan fingerprint density at radius 2 is 1.88 bits per heavy atom. The molecule has 0 radical (unpaired) electrons. The molecule has 17 heavy (non-hydrogen) atoms. The number of likely N-dealkylation sites (tertiary alicyclic amines) is 1. The van der Waals surface area contributed by atoms with Gasteiger partial charge in [0.2, 0.25) is 0 Å². The molecular weight excluding hydrogens is 230 g/mol. The molecule has 1 aliphatic rings. The van der Waals surface area contributed by atoms with Gasteiger partial charge in [-0.25, -0.2) is 4.98 Å². The number of rotatable bonds is 2. The van der Waals surface area contributed by atoms with Gasteiger partial charge >= 0.3 is 0 Å². The highest BCUT2D eigenvalue weighted by Gasteiger charge is 2.37. The van der Waals surface area contributed by atoms with Gasteiger partial charge in [-0.3, -0.25) is 4.90 Å². The van der Waals surface area contributed by atoms with E-state index in [2.05, 4.69) is 37.6 Å². The molecule has 0 aromatic carbocycles. The Labute approximate surface area is 108 Å². The van der Waals surface area contributed by atoms with Gasteiger partial charge < -0.3 is 5.73 Å². The molecule has 1 fully saturated rings. The molecule has 1 aromatic heterocycles. The summed E-state index contributed by atoms with van der Waals surface area (Å²) in [7, 11) is 0. The van der Waals surface area contributed by atoms with Crippen LogP contribution in [-0.4, -0.2) is 23.0 Å². The van der Waals surface area contributed by atoms with Gasteiger partial charge in [0.1, 0.15) is 0 Å². The average Bonchev–Trinajstić information content (AvgIpc) is 2.44. The second-order valence-corrected chi connectivity index (χ2v) is 7.96. The van der Waals surface area contributed by atoms with Gasteiger partial charge in [-0.2, -0.15) is 0 Å². The van der Waals surface area contributed by atoms with Crippen LogP contribution in [0.15, 0.2) is 6.20 Å². The number of hydrogen-bond donors (Lipinski definition) is 1. The predicted molar refractivity (Wildman–Crippen MR) is 74.0 cm³/mol. The summed E-state index contributed by atoms with van der Waals surface area (Å²) in [5.41, 5.74) is 6.48. The second kappa shape index (κ2) is 4.25. The summed E-state index contributed by atoms with van der Waals surface area (Å²) < 4.78 is 0. The minimum Gasteiger partial charge on any atom is -0.375 e. The van der Waals surface area contributed by atoms with E-state index in [1.165, 1.54) is 11.3 Å². The maximum atomic E-state index is 5.68. The molecular formula is C13H23N3S. The van der Waals surface area contributed by atoms with E-state index in [1.807, 2.05) is 6.20 Å². The van der Waals surface area contributed by atoms with Gasteiger partial charge in [-0.15, -0.1) is 11.3 Å². The third-order valence-electron chi connectivity index (χ3n) is 3.21. The van der Waals surface area contributed by atoms with Crippen LogP contribution in [0.4, 0.5) is 5.13 Å². The van der Waals surface area contributed by atoms with Crippen LogP contribution >= 0.6 is 11.3 Å². The summed E-state index contributed by atoms with van der Waals surface area (Å²) in [5.74, 6) is 0. The summed E-state index contributed by atoms with van der Waals surface area (Å²) in [6.45, 7) is 12.8. The van der Waals surface area contributed by atoms with Crippen molar-refractivity contribution >= 4 is 16.5 Å². The molecule has 2 heterocycles. The molecule has 1 aliphatic heterocycles. The van der Waals surface area contributed by atoms with Gasteiger partial charge in [-0.1, -0.05) is 27.7 Å². The highest BCUT2D eigenvalue weighted by molar-refractivity contribution is 7.15. The number of hydrogen-bond acceptors (Lipinski definition) is 4. The number of nitrogens with two attached hydrogens (primary N) is 1. The first-order chi connectivity index (χ1) is 7.76. The van der Waals surface area contributed by atoms with E-state index in [0.29, 0.717) is 16.0 Å². The molecule has 0 amide bonds. The molecule has 3 nitrogen and oxygen atoms in total. The lowest BCUT2D eigenvalue weighted by Crippen LogP contribution is -2.47. The molecule has 2 rings (SSSR count).